The first kappa shape index (κ1) is 11.0. The van der Waals surface area contributed by atoms with Gasteiger partial charge in [0.1, 0.15) is 13.2 Å². The van der Waals surface area contributed by atoms with Crippen molar-refractivity contribution < 1.29 is 9.47 Å². The third-order valence-corrected chi connectivity index (χ3v) is 3.97. The normalized spacial score (nSPS) is 14.1. The van der Waals surface area contributed by atoms with E-state index in [0.717, 1.165) is 16.6 Å². The largest absolute Gasteiger partial charge is 0.471 e. The Kier molecular flexibility index (Phi) is 2.03. The first-order chi connectivity index (χ1) is 10.4. The number of hydrogen-bond acceptors (Lipinski definition) is 3. The molecule has 21 heavy (non-hydrogen) atoms. The molecule has 2 aromatic heterocycles. The number of nitrogens with zero attached hydrogens (tertiary/aromatic N) is 2. The molecule has 0 radical (unpaired) electrons. The average molecular weight is 276 g/mol. The van der Waals surface area contributed by atoms with Gasteiger partial charge in [-0.25, -0.2) is 0 Å². The van der Waals surface area contributed by atoms with Crippen LogP contribution in [0.3, 0.4) is 0 Å². The van der Waals surface area contributed by atoms with Gasteiger partial charge in [-0.15, -0.1) is 0 Å². The fourth-order valence-corrected chi connectivity index (χ4v) is 3.10. The van der Waals surface area contributed by atoms with Crippen molar-refractivity contribution in [3.05, 3.63) is 48.5 Å². The maximum Gasteiger partial charge on any atom is 0.278 e. The summed E-state index contributed by atoms with van der Waals surface area (Å²) in [6, 6.07) is 16.6. The molecular formula is C17H12N2O2. The summed E-state index contributed by atoms with van der Waals surface area (Å²) in [5, 5.41) is 3.50. The van der Waals surface area contributed by atoms with Gasteiger partial charge in [-0.05, 0) is 11.5 Å². The molecule has 4 heteroatoms. The van der Waals surface area contributed by atoms with Crippen molar-refractivity contribution >= 4 is 27.3 Å². The number of hydrogen-bond donors (Lipinski definition) is 0. The first-order valence-corrected chi connectivity index (χ1v) is 7.01. The Balaban J connectivity index is 2.12. The Morgan fingerprint density at radius 1 is 0.810 bits per heavy atom. The highest BCUT2D eigenvalue weighted by atomic mass is 16.6. The summed E-state index contributed by atoms with van der Waals surface area (Å²) in [5.41, 5.74) is 1.97. The molecule has 0 spiro atoms. The molecule has 1 aliphatic heterocycles. The molecule has 2 aromatic carbocycles. The van der Waals surface area contributed by atoms with Gasteiger partial charge in [0.15, 0.2) is 5.65 Å². The molecule has 0 fully saturated rings. The molecule has 102 valence electrons. The molecule has 0 atom stereocenters. The minimum absolute atomic E-state index is 0.548. The molecule has 3 heterocycles. The maximum atomic E-state index is 5.81. The lowest BCUT2D eigenvalue weighted by Crippen LogP contribution is -2.15. The van der Waals surface area contributed by atoms with E-state index >= 15 is 0 Å². The molecular weight excluding hydrogens is 264 g/mol. The Bertz CT molecular complexity index is 1000. The van der Waals surface area contributed by atoms with Gasteiger partial charge in [-0.1, -0.05) is 42.5 Å². The van der Waals surface area contributed by atoms with Gasteiger partial charge in [-0.2, -0.15) is 4.98 Å². The quantitative estimate of drug-likeness (QED) is 0.462. The Morgan fingerprint density at radius 2 is 1.52 bits per heavy atom. The number of rotatable bonds is 0. The van der Waals surface area contributed by atoms with E-state index < -0.39 is 0 Å². The van der Waals surface area contributed by atoms with Crippen molar-refractivity contribution in [1.29, 1.82) is 0 Å². The van der Waals surface area contributed by atoms with Crippen molar-refractivity contribution in [1.82, 2.24) is 9.38 Å². The van der Waals surface area contributed by atoms with Crippen molar-refractivity contribution in [2.24, 2.45) is 0 Å². The zero-order chi connectivity index (χ0) is 13.8. The van der Waals surface area contributed by atoms with E-state index in [9.17, 15) is 0 Å². The summed E-state index contributed by atoms with van der Waals surface area (Å²) in [6.07, 6.45) is 0. The van der Waals surface area contributed by atoms with E-state index in [1.807, 2.05) is 12.1 Å². The van der Waals surface area contributed by atoms with Gasteiger partial charge in [-0.3, -0.25) is 4.40 Å². The van der Waals surface area contributed by atoms with Crippen LogP contribution in [-0.2, 0) is 0 Å². The summed E-state index contributed by atoms with van der Waals surface area (Å²) in [5.74, 6) is 1.29. The number of benzene rings is 2. The average Bonchev–Trinajstić information content (AvgIpc) is 2.95. The lowest BCUT2D eigenvalue weighted by atomic mass is 10.1. The number of aromatic nitrogens is 2. The van der Waals surface area contributed by atoms with E-state index in [2.05, 4.69) is 45.8 Å². The van der Waals surface area contributed by atoms with Crippen LogP contribution in [0.4, 0.5) is 0 Å². The molecule has 0 amide bonds. The van der Waals surface area contributed by atoms with Crippen molar-refractivity contribution in [3.63, 3.8) is 0 Å². The maximum absolute atomic E-state index is 5.81. The van der Waals surface area contributed by atoms with Crippen LogP contribution in [0.5, 0.6) is 11.8 Å². The molecule has 4 nitrogen and oxygen atoms in total. The molecule has 0 saturated carbocycles. The predicted octanol–water partition coefficient (Wildman–Crippen LogP) is 3.41. The highest BCUT2D eigenvalue weighted by molar-refractivity contribution is 6.12. The van der Waals surface area contributed by atoms with Crippen LogP contribution in [0.15, 0.2) is 48.5 Å². The van der Waals surface area contributed by atoms with Crippen LogP contribution in [0.1, 0.15) is 0 Å². The molecule has 5 rings (SSSR count). The van der Waals surface area contributed by atoms with E-state index in [4.69, 9.17) is 9.47 Å². The molecule has 4 aromatic rings. The number of pyridine rings is 1. The number of imidazole rings is 1. The zero-order valence-electron chi connectivity index (χ0n) is 11.2. The SMILES string of the molecule is c1ccc2c(c1)c1ccccc1n1c3c(nc21)OCCO3. The monoisotopic (exact) mass is 276 g/mol. The molecule has 0 aliphatic carbocycles. The lowest BCUT2D eigenvalue weighted by molar-refractivity contribution is 0.161. The summed E-state index contributed by atoms with van der Waals surface area (Å²) in [4.78, 5) is 4.65. The highest BCUT2D eigenvalue weighted by Crippen LogP contribution is 2.37. The van der Waals surface area contributed by atoms with Gasteiger partial charge < -0.3 is 9.47 Å². The summed E-state index contributed by atoms with van der Waals surface area (Å²) >= 11 is 0. The fraction of sp³-hybridized carbons (Fsp3) is 0.118. The topological polar surface area (TPSA) is 35.8 Å². The van der Waals surface area contributed by atoms with E-state index in [0.29, 0.717) is 25.0 Å². The number of para-hydroxylation sites is 1. The van der Waals surface area contributed by atoms with Crippen LogP contribution in [0, 0.1) is 0 Å². The van der Waals surface area contributed by atoms with Crippen LogP contribution >= 0.6 is 0 Å². The second kappa shape index (κ2) is 3.88. The number of fused-ring (bicyclic) bond motifs is 8. The van der Waals surface area contributed by atoms with Crippen molar-refractivity contribution in [3.8, 4) is 11.8 Å². The number of ether oxygens (including phenoxy) is 2. The minimum atomic E-state index is 0.548. The van der Waals surface area contributed by atoms with Gasteiger partial charge in [0.05, 0.1) is 5.52 Å². The highest BCUT2D eigenvalue weighted by Gasteiger charge is 2.22. The van der Waals surface area contributed by atoms with E-state index in [-0.39, 0.29) is 0 Å². The van der Waals surface area contributed by atoms with Gasteiger partial charge in [0, 0.05) is 10.8 Å². The fourth-order valence-electron chi connectivity index (χ4n) is 3.10. The summed E-state index contributed by atoms with van der Waals surface area (Å²) in [6.45, 7) is 1.11. The van der Waals surface area contributed by atoms with Crippen molar-refractivity contribution in [2.45, 2.75) is 0 Å². The van der Waals surface area contributed by atoms with E-state index in [1.54, 1.807) is 0 Å². The smallest absolute Gasteiger partial charge is 0.278 e. The van der Waals surface area contributed by atoms with Crippen LogP contribution < -0.4 is 9.47 Å². The third kappa shape index (κ3) is 1.36. The minimum Gasteiger partial charge on any atom is -0.471 e. The Labute approximate surface area is 120 Å². The van der Waals surface area contributed by atoms with Crippen LogP contribution in [0.25, 0.3) is 27.3 Å². The third-order valence-electron chi connectivity index (χ3n) is 3.97. The lowest BCUT2D eigenvalue weighted by Gasteiger charge is -2.14. The van der Waals surface area contributed by atoms with Crippen LogP contribution in [0.2, 0.25) is 0 Å². The summed E-state index contributed by atoms with van der Waals surface area (Å²) in [7, 11) is 0. The molecule has 0 N–H and O–H groups in total. The van der Waals surface area contributed by atoms with Gasteiger partial charge >= 0.3 is 0 Å². The Morgan fingerprint density at radius 3 is 2.43 bits per heavy atom. The predicted molar refractivity (Wildman–Crippen MR) is 81.2 cm³/mol. The second-order valence-electron chi connectivity index (χ2n) is 5.14. The molecule has 0 unspecified atom stereocenters. The zero-order valence-corrected chi connectivity index (χ0v) is 11.2. The second-order valence-corrected chi connectivity index (χ2v) is 5.14. The molecule has 0 saturated heterocycles. The van der Waals surface area contributed by atoms with Crippen molar-refractivity contribution in [2.75, 3.05) is 13.2 Å². The van der Waals surface area contributed by atoms with Crippen LogP contribution in [-0.4, -0.2) is 22.6 Å². The van der Waals surface area contributed by atoms with Gasteiger partial charge in [0.2, 0.25) is 0 Å². The summed E-state index contributed by atoms with van der Waals surface area (Å²) < 4.78 is 13.5. The van der Waals surface area contributed by atoms with Gasteiger partial charge in [0.25, 0.3) is 11.8 Å². The molecule has 1 aliphatic rings. The molecule has 0 bridgehead atoms. The van der Waals surface area contributed by atoms with E-state index in [1.165, 1.54) is 10.8 Å². The first-order valence-electron chi connectivity index (χ1n) is 7.01. The standard InChI is InChI=1S/C17H12N2O2/c1-2-7-13-11(5-1)12-6-3-4-8-14(12)19-15(13)18-16-17(19)21-10-9-20-16/h1-8H,9-10H2. The Hall–Kier alpha value is -2.75.